The van der Waals surface area contributed by atoms with Crippen LogP contribution in [0.3, 0.4) is 0 Å². The fraction of sp³-hybridized carbons (Fsp3) is 0.400. The maximum Gasteiger partial charge on any atom is 0.283 e. The quantitative estimate of drug-likeness (QED) is 0.611. The lowest BCUT2D eigenvalue weighted by atomic mass is 10.3. The molecule has 1 aromatic carbocycles. The molecule has 1 atom stereocenters. The number of benzene rings is 1. The Morgan fingerprint density at radius 1 is 1.50 bits per heavy atom. The molecule has 1 aromatic rings. The van der Waals surface area contributed by atoms with Crippen LogP contribution in [0, 0.1) is 10.1 Å². The number of rotatable bonds is 5. The summed E-state index contributed by atoms with van der Waals surface area (Å²) in [6.07, 6.45) is 0. The molecule has 0 aliphatic rings. The van der Waals surface area contributed by atoms with E-state index in [0.717, 1.165) is 10.4 Å². The molecule has 1 unspecified atom stereocenters. The molecule has 0 radical (unpaired) electrons. The molecular weight excluding hydrogens is 374 g/mol. The molecule has 0 amide bonds. The minimum absolute atomic E-state index is 0. The molecule has 0 saturated carbocycles. The Kier molecular flexibility index (Phi) is 7.05. The molecule has 114 valence electrons. The Morgan fingerprint density at radius 3 is 2.45 bits per heavy atom. The summed E-state index contributed by atoms with van der Waals surface area (Å²) in [6.45, 7) is 1.86. The first-order valence-corrected chi connectivity index (χ1v) is 7.57. The second kappa shape index (κ2) is 7.32. The lowest BCUT2D eigenvalue weighted by Gasteiger charge is -2.23. The van der Waals surface area contributed by atoms with Crippen LogP contribution in [0.4, 0.5) is 5.69 Å². The van der Waals surface area contributed by atoms with E-state index in [0.29, 0.717) is 0 Å². The van der Waals surface area contributed by atoms with E-state index in [4.69, 9.17) is 5.73 Å². The van der Waals surface area contributed by atoms with Crippen LogP contribution in [0.1, 0.15) is 6.92 Å². The number of hydrogen-bond donors (Lipinski definition) is 1. The third-order valence-electron chi connectivity index (χ3n) is 2.75. The van der Waals surface area contributed by atoms with Gasteiger partial charge in [0.1, 0.15) is 0 Å². The molecular formula is C10H15BrClN3O4S. The van der Waals surface area contributed by atoms with Crippen LogP contribution in [0.2, 0.25) is 0 Å². The molecule has 7 nitrogen and oxygen atoms in total. The smallest absolute Gasteiger partial charge is 0.283 e. The average molecular weight is 389 g/mol. The zero-order chi connectivity index (χ0) is 14.8. The lowest BCUT2D eigenvalue weighted by molar-refractivity contribution is -0.385. The van der Waals surface area contributed by atoms with Gasteiger partial charge in [0, 0.05) is 25.7 Å². The predicted octanol–water partition coefficient (Wildman–Crippen LogP) is 1.75. The summed E-state index contributed by atoms with van der Waals surface area (Å²) < 4.78 is 25.7. The molecule has 0 aromatic heterocycles. The second-order valence-electron chi connectivity index (χ2n) is 3.98. The van der Waals surface area contributed by atoms with E-state index in [9.17, 15) is 18.5 Å². The third kappa shape index (κ3) is 3.89. The minimum atomic E-state index is -3.71. The van der Waals surface area contributed by atoms with E-state index in [-0.39, 0.29) is 40.0 Å². The molecule has 0 fully saturated rings. The Hall–Kier alpha value is -0.740. The van der Waals surface area contributed by atoms with Crippen LogP contribution < -0.4 is 5.73 Å². The summed E-state index contributed by atoms with van der Waals surface area (Å²) in [5.74, 6) is 0. The topological polar surface area (TPSA) is 107 Å². The van der Waals surface area contributed by atoms with Gasteiger partial charge >= 0.3 is 0 Å². The summed E-state index contributed by atoms with van der Waals surface area (Å²) in [5.41, 5.74) is 5.25. The maximum absolute atomic E-state index is 12.2. The van der Waals surface area contributed by atoms with E-state index >= 15 is 0 Å². The van der Waals surface area contributed by atoms with E-state index in [1.54, 1.807) is 6.92 Å². The van der Waals surface area contributed by atoms with Crippen molar-refractivity contribution >= 4 is 44.0 Å². The van der Waals surface area contributed by atoms with Crippen molar-refractivity contribution < 1.29 is 13.3 Å². The lowest BCUT2D eigenvalue weighted by Crippen LogP contribution is -2.39. The van der Waals surface area contributed by atoms with Gasteiger partial charge < -0.3 is 5.73 Å². The molecule has 1 rings (SSSR count). The van der Waals surface area contributed by atoms with E-state index < -0.39 is 14.9 Å². The van der Waals surface area contributed by atoms with Gasteiger partial charge in [-0.2, -0.15) is 4.31 Å². The monoisotopic (exact) mass is 387 g/mol. The minimum Gasteiger partial charge on any atom is -0.329 e. The highest BCUT2D eigenvalue weighted by Gasteiger charge is 2.26. The Bertz CT molecular complexity index is 596. The highest BCUT2D eigenvalue weighted by Crippen LogP contribution is 2.28. The molecule has 0 spiro atoms. The van der Waals surface area contributed by atoms with Crippen molar-refractivity contribution in [3.05, 3.63) is 32.8 Å². The number of nitro benzene ring substituents is 1. The van der Waals surface area contributed by atoms with Gasteiger partial charge in [0.15, 0.2) is 0 Å². The molecule has 0 heterocycles. The number of nitro groups is 1. The molecule has 0 aliphatic heterocycles. The van der Waals surface area contributed by atoms with E-state index in [1.807, 2.05) is 0 Å². The first-order chi connectivity index (χ1) is 8.71. The van der Waals surface area contributed by atoms with Crippen molar-refractivity contribution in [2.45, 2.75) is 17.9 Å². The van der Waals surface area contributed by atoms with E-state index in [1.165, 1.54) is 19.2 Å². The number of hydrogen-bond acceptors (Lipinski definition) is 5. The van der Waals surface area contributed by atoms with Gasteiger partial charge in [-0.3, -0.25) is 10.1 Å². The highest BCUT2D eigenvalue weighted by atomic mass is 79.9. The number of halogens is 2. The Labute approximate surface area is 131 Å². The summed E-state index contributed by atoms with van der Waals surface area (Å²) in [5, 5.41) is 10.7. The van der Waals surface area contributed by atoms with Crippen LogP contribution in [-0.4, -0.2) is 37.3 Å². The van der Waals surface area contributed by atoms with Gasteiger partial charge in [0.25, 0.3) is 5.69 Å². The molecule has 0 bridgehead atoms. The highest BCUT2D eigenvalue weighted by molar-refractivity contribution is 9.10. The number of nitrogens with two attached hydrogens (primary N) is 1. The van der Waals surface area contributed by atoms with Crippen LogP contribution in [-0.2, 0) is 10.0 Å². The molecule has 0 saturated heterocycles. The van der Waals surface area contributed by atoms with Crippen molar-refractivity contribution in [1.82, 2.24) is 4.31 Å². The number of sulfonamides is 1. The van der Waals surface area contributed by atoms with Gasteiger partial charge in [0.2, 0.25) is 10.0 Å². The summed E-state index contributed by atoms with van der Waals surface area (Å²) in [4.78, 5) is 10.1. The first kappa shape index (κ1) is 19.3. The van der Waals surface area contributed by atoms with Gasteiger partial charge in [-0.05, 0) is 35.0 Å². The number of nitrogens with zero attached hydrogens (tertiary/aromatic N) is 2. The van der Waals surface area contributed by atoms with Gasteiger partial charge in [-0.1, -0.05) is 0 Å². The van der Waals surface area contributed by atoms with E-state index in [2.05, 4.69) is 15.9 Å². The van der Waals surface area contributed by atoms with Gasteiger partial charge in [-0.25, -0.2) is 8.42 Å². The first-order valence-electron chi connectivity index (χ1n) is 5.34. The van der Waals surface area contributed by atoms with Crippen molar-refractivity contribution in [1.29, 1.82) is 0 Å². The largest absolute Gasteiger partial charge is 0.329 e. The maximum atomic E-state index is 12.2. The summed E-state index contributed by atoms with van der Waals surface area (Å²) in [6, 6.07) is 3.21. The summed E-state index contributed by atoms with van der Waals surface area (Å²) >= 11 is 2.99. The normalized spacial score (nSPS) is 12.8. The van der Waals surface area contributed by atoms with Gasteiger partial charge in [-0.15, -0.1) is 12.4 Å². The molecule has 10 heteroatoms. The standard InChI is InChI=1S/C10H14BrN3O4S.ClH/c1-7(6-12)13(2)19(17,18)8-3-4-10(14(15)16)9(11)5-8;/h3-5,7H,6,12H2,1-2H3;1H. The molecule has 2 N–H and O–H groups in total. The zero-order valence-electron chi connectivity index (χ0n) is 10.8. The van der Waals surface area contributed by atoms with Crippen LogP contribution in [0.15, 0.2) is 27.6 Å². The molecule has 0 aliphatic carbocycles. The molecule has 20 heavy (non-hydrogen) atoms. The fourth-order valence-corrected chi connectivity index (χ4v) is 3.42. The Morgan fingerprint density at radius 2 is 2.05 bits per heavy atom. The second-order valence-corrected chi connectivity index (χ2v) is 6.83. The van der Waals surface area contributed by atoms with Crippen molar-refractivity contribution in [2.24, 2.45) is 5.73 Å². The van der Waals surface area contributed by atoms with Crippen LogP contribution >= 0.6 is 28.3 Å². The van der Waals surface area contributed by atoms with Crippen LogP contribution in [0.25, 0.3) is 0 Å². The fourth-order valence-electron chi connectivity index (χ4n) is 1.35. The summed E-state index contributed by atoms with van der Waals surface area (Å²) in [7, 11) is -2.30. The van der Waals surface area contributed by atoms with Gasteiger partial charge in [0.05, 0.1) is 14.3 Å². The average Bonchev–Trinajstić information content (AvgIpc) is 2.36. The van der Waals surface area contributed by atoms with Crippen molar-refractivity contribution in [3.8, 4) is 0 Å². The predicted molar refractivity (Wildman–Crippen MR) is 81.5 cm³/mol. The Balaban J connectivity index is 0.00000361. The SMILES string of the molecule is CC(CN)N(C)S(=O)(=O)c1ccc([N+](=O)[O-])c(Br)c1.Cl. The number of likely N-dealkylation sites (N-methyl/N-ethyl adjacent to an activating group) is 1. The van der Waals surface area contributed by atoms with Crippen molar-refractivity contribution in [3.63, 3.8) is 0 Å². The zero-order valence-corrected chi connectivity index (χ0v) is 14.0. The van der Waals surface area contributed by atoms with Crippen LogP contribution in [0.5, 0.6) is 0 Å². The van der Waals surface area contributed by atoms with Crippen molar-refractivity contribution in [2.75, 3.05) is 13.6 Å². The third-order valence-corrected chi connectivity index (χ3v) is 5.36.